The van der Waals surface area contributed by atoms with Crippen LogP contribution >= 0.6 is 0 Å². The molecule has 2 heterocycles. The molecule has 0 unspecified atom stereocenters. The Balaban J connectivity index is 1.68. The van der Waals surface area contributed by atoms with Crippen molar-refractivity contribution in [2.24, 2.45) is 5.92 Å². The highest BCUT2D eigenvalue weighted by molar-refractivity contribution is 5.85. The molecule has 0 amide bonds. The second kappa shape index (κ2) is 10.4. The molecule has 1 atom stereocenters. The lowest BCUT2D eigenvalue weighted by atomic mass is 9.97. The maximum absolute atomic E-state index is 12.4. The van der Waals surface area contributed by atoms with Gasteiger partial charge in [-0.15, -0.1) is 0 Å². The van der Waals surface area contributed by atoms with Gasteiger partial charge in [0.05, 0.1) is 32.3 Å². The number of aromatic nitrogens is 1. The Morgan fingerprint density at radius 1 is 1.09 bits per heavy atom. The van der Waals surface area contributed by atoms with Gasteiger partial charge in [-0.3, -0.25) is 4.79 Å². The third kappa shape index (κ3) is 4.93. The molecule has 1 aromatic carbocycles. The smallest absolute Gasteiger partial charge is 0.310 e. The van der Waals surface area contributed by atoms with Gasteiger partial charge in [0, 0.05) is 42.7 Å². The van der Waals surface area contributed by atoms with Crippen LogP contribution in [-0.2, 0) is 16.1 Å². The predicted molar refractivity (Wildman–Crippen MR) is 126 cm³/mol. The third-order valence-electron chi connectivity index (χ3n) is 6.65. The predicted octanol–water partition coefficient (Wildman–Crippen LogP) is 4.06. The van der Waals surface area contributed by atoms with Crippen LogP contribution in [0.25, 0.3) is 10.9 Å². The topological polar surface area (TPSA) is 72.9 Å². The number of methoxy groups -OCH3 is 2. The molecule has 7 heteroatoms. The number of nitrogens with zero attached hydrogens (tertiary/aromatic N) is 2. The van der Waals surface area contributed by atoms with Crippen molar-refractivity contribution in [3.8, 4) is 11.5 Å². The minimum absolute atomic E-state index is 0.102. The Kier molecular flexibility index (Phi) is 7.35. The normalized spacial score (nSPS) is 19.3. The van der Waals surface area contributed by atoms with Crippen molar-refractivity contribution in [1.29, 1.82) is 0 Å². The third-order valence-corrected chi connectivity index (χ3v) is 6.65. The van der Waals surface area contributed by atoms with Gasteiger partial charge in [-0.25, -0.2) is 4.98 Å². The molecule has 1 N–H and O–H groups in total. The molecule has 7 nitrogen and oxygen atoms in total. The molecule has 1 saturated heterocycles. The summed E-state index contributed by atoms with van der Waals surface area (Å²) >= 11 is 0. The van der Waals surface area contributed by atoms with E-state index >= 15 is 0 Å². The molecule has 1 aromatic heterocycles. The zero-order valence-electron chi connectivity index (χ0n) is 19.5. The molecule has 1 saturated carbocycles. The minimum atomic E-state index is -0.109. The van der Waals surface area contributed by atoms with Crippen LogP contribution in [0.4, 0.5) is 5.82 Å². The van der Waals surface area contributed by atoms with E-state index < -0.39 is 0 Å². The van der Waals surface area contributed by atoms with Gasteiger partial charge >= 0.3 is 5.97 Å². The SMILES string of the molecule is CCOC(=O)[C@H]1CCCN(c2nc3cc(OC)c(OC)cc3cc2CNC2CCCC2)C1. The Morgan fingerprint density at radius 3 is 2.56 bits per heavy atom. The first kappa shape index (κ1) is 22.6. The van der Waals surface area contributed by atoms with Crippen molar-refractivity contribution in [3.05, 3.63) is 23.8 Å². The van der Waals surface area contributed by atoms with Gasteiger partial charge in [0.1, 0.15) is 5.82 Å². The molecule has 174 valence electrons. The van der Waals surface area contributed by atoms with Crippen molar-refractivity contribution in [3.63, 3.8) is 0 Å². The van der Waals surface area contributed by atoms with Crippen LogP contribution in [0.3, 0.4) is 0 Å². The summed E-state index contributed by atoms with van der Waals surface area (Å²) in [4.78, 5) is 19.7. The number of hydrogen-bond donors (Lipinski definition) is 1. The quantitative estimate of drug-likeness (QED) is 0.619. The lowest BCUT2D eigenvalue weighted by molar-refractivity contribution is -0.148. The van der Waals surface area contributed by atoms with E-state index in [1.807, 2.05) is 19.1 Å². The number of anilines is 1. The summed E-state index contributed by atoms with van der Waals surface area (Å²) in [5.41, 5.74) is 2.02. The van der Waals surface area contributed by atoms with Crippen molar-refractivity contribution in [1.82, 2.24) is 10.3 Å². The zero-order chi connectivity index (χ0) is 22.5. The van der Waals surface area contributed by atoms with Gasteiger partial charge in [0.15, 0.2) is 11.5 Å². The van der Waals surface area contributed by atoms with Crippen molar-refractivity contribution in [2.45, 2.75) is 58.0 Å². The fraction of sp³-hybridized carbons (Fsp3) is 0.600. The summed E-state index contributed by atoms with van der Waals surface area (Å²) in [5, 5.41) is 4.76. The van der Waals surface area contributed by atoms with E-state index in [2.05, 4.69) is 16.3 Å². The summed E-state index contributed by atoms with van der Waals surface area (Å²) in [6.45, 7) is 4.57. The van der Waals surface area contributed by atoms with Crippen LogP contribution in [-0.4, -0.2) is 50.9 Å². The standard InChI is InChI=1S/C25H35N3O4/c1-4-32-25(29)17-8-7-11-28(16-17)24-19(15-26-20-9-5-6-10-20)12-18-13-22(30-2)23(31-3)14-21(18)27-24/h12-14,17,20,26H,4-11,15-16H2,1-3H3/t17-/m0/s1. The Morgan fingerprint density at radius 2 is 1.84 bits per heavy atom. The molecule has 2 fully saturated rings. The van der Waals surface area contributed by atoms with Gasteiger partial charge in [0.25, 0.3) is 0 Å². The van der Waals surface area contributed by atoms with Crippen LogP contribution < -0.4 is 19.7 Å². The number of nitrogens with one attached hydrogen (secondary N) is 1. The average molecular weight is 442 g/mol. The summed E-state index contributed by atoms with van der Waals surface area (Å²) < 4.78 is 16.3. The number of fused-ring (bicyclic) bond motifs is 1. The van der Waals surface area contributed by atoms with Crippen LogP contribution in [0, 0.1) is 5.92 Å². The van der Waals surface area contributed by atoms with Gasteiger partial charge in [-0.05, 0) is 44.7 Å². The summed E-state index contributed by atoms with van der Waals surface area (Å²) in [7, 11) is 3.29. The van der Waals surface area contributed by atoms with Crippen molar-refractivity contribution >= 4 is 22.7 Å². The first-order valence-corrected chi connectivity index (χ1v) is 11.8. The van der Waals surface area contributed by atoms with Crippen LogP contribution in [0.1, 0.15) is 51.0 Å². The van der Waals surface area contributed by atoms with Gasteiger partial charge in [-0.2, -0.15) is 0 Å². The first-order chi connectivity index (χ1) is 15.6. The van der Waals surface area contributed by atoms with E-state index in [0.717, 1.165) is 48.2 Å². The second-order valence-electron chi connectivity index (χ2n) is 8.77. The monoisotopic (exact) mass is 441 g/mol. The lowest BCUT2D eigenvalue weighted by Crippen LogP contribution is -2.40. The Bertz CT molecular complexity index is 942. The number of esters is 1. The molecule has 0 spiro atoms. The highest BCUT2D eigenvalue weighted by atomic mass is 16.5. The van der Waals surface area contributed by atoms with Crippen molar-refractivity contribution in [2.75, 3.05) is 38.8 Å². The van der Waals surface area contributed by atoms with E-state index in [1.54, 1.807) is 14.2 Å². The number of benzene rings is 1. The van der Waals surface area contributed by atoms with Gasteiger partial charge < -0.3 is 24.4 Å². The maximum Gasteiger partial charge on any atom is 0.310 e. The Labute approximate surface area is 190 Å². The molecule has 0 radical (unpaired) electrons. The zero-order valence-corrected chi connectivity index (χ0v) is 19.5. The summed E-state index contributed by atoms with van der Waals surface area (Å²) in [6, 6.07) is 6.69. The van der Waals surface area contributed by atoms with Gasteiger partial charge in [-0.1, -0.05) is 12.8 Å². The van der Waals surface area contributed by atoms with E-state index in [9.17, 15) is 4.79 Å². The number of piperidine rings is 1. The number of ether oxygens (including phenoxy) is 3. The Hall–Kier alpha value is -2.54. The second-order valence-corrected chi connectivity index (χ2v) is 8.77. The number of hydrogen-bond acceptors (Lipinski definition) is 7. The largest absolute Gasteiger partial charge is 0.493 e. The van der Waals surface area contributed by atoms with Crippen molar-refractivity contribution < 1.29 is 19.0 Å². The average Bonchev–Trinajstić information content (AvgIpc) is 3.35. The molecular formula is C25H35N3O4. The van der Waals surface area contributed by atoms with Gasteiger partial charge in [0.2, 0.25) is 0 Å². The molecule has 2 aromatic rings. The van der Waals surface area contributed by atoms with Crippen LogP contribution in [0.15, 0.2) is 18.2 Å². The summed E-state index contributed by atoms with van der Waals surface area (Å²) in [5.74, 6) is 2.10. The number of rotatable bonds is 8. The molecule has 4 rings (SSSR count). The molecule has 1 aliphatic carbocycles. The highest BCUT2D eigenvalue weighted by Crippen LogP contribution is 2.35. The fourth-order valence-electron chi connectivity index (χ4n) is 4.94. The molecule has 2 aliphatic rings. The first-order valence-electron chi connectivity index (χ1n) is 11.8. The van der Waals surface area contributed by atoms with E-state index in [-0.39, 0.29) is 11.9 Å². The number of carbonyl (C=O) groups excluding carboxylic acids is 1. The highest BCUT2D eigenvalue weighted by Gasteiger charge is 2.29. The fourth-order valence-corrected chi connectivity index (χ4v) is 4.94. The molecular weight excluding hydrogens is 406 g/mol. The molecule has 0 bridgehead atoms. The maximum atomic E-state index is 12.4. The summed E-state index contributed by atoms with van der Waals surface area (Å²) in [6.07, 6.45) is 6.87. The molecule has 1 aliphatic heterocycles. The number of pyridine rings is 1. The van der Waals surface area contributed by atoms with Crippen LogP contribution in [0.5, 0.6) is 11.5 Å². The lowest BCUT2D eigenvalue weighted by Gasteiger charge is -2.34. The molecule has 32 heavy (non-hydrogen) atoms. The van der Waals surface area contributed by atoms with E-state index in [0.29, 0.717) is 30.7 Å². The van der Waals surface area contributed by atoms with Crippen LogP contribution in [0.2, 0.25) is 0 Å². The van der Waals surface area contributed by atoms with E-state index in [1.165, 1.54) is 25.7 Å². The number of carbonyl (C=O) groups is 1. The minimum Gasteiger partial charge on any atom is -0.493 e. The van der Waals surface area contributed by atoms with E-state index in [4.69, 9.17) is 19.2 Å².